The molecular weight excluding hydrogens is 374 g/mol. The van der Waals surface area contributed by atoms with Gasteiger partial charge in [-0.15, -0.1) is 11.3 Å². The molecule has 0 bridgehead atoms. The van der Waals surface area contributed by atoms with Crippen molar-refractivity contribution in [3.63, 3.8) is 0 Å². The predicted molar refractivity (Wildman–Crippen MR) is 127 cm³/mol. The topological polar surface area (TPSA) is 12.9 Å². The summed E-state index contributed by atoms with van der Waals surface area (Å²) in [5.41, 5.74) is 3.80. The number of thiophene rings is 1. The van der Waals surface area contributed by atoms with E-state index in [0.29, 0.717) is 0 Å². The lowest BCUT2D eigenvalue weighted by atomic mass is 9.98. The maximum Gasteiger partial charge on any atom is 0.0794 e. The van der Waals surface area contributed by atoms with Gasteiger partial charge in [0.1, 0.15) is 0 Å². The molecule has 4 aromatic rings. The summed E-state index contributed by atoms with van der Waals surface area (Å²) < 4.78 is 2.86. The van der Waals surface area contributed by atoms with Gasteiger partial charge < -0.3 is 0 Å². The van der Waals surface area contributed by atoms with E-state index in [4.69, 9.17) is 4.98 Å². The van der Waals surface area contributed by atoms with E-state index >= 15 is 0 Å². The third-order valence-corrected chi connectivity index (χ3v) is 9.72. The molecule has 0 N–H and O–H groups in total. The van der Waals surface area contributed by atoms with E-state index in [0.717, 1.165) is 11.6 Å². The standard InChI is InChI=1S/C25H27NSSi/c1-28(2,3)23-13-7-11-20-19-10-6-12-21(24(19)27-25(20)23)22-15-14-18(16-26-22)17-8-4-5-9-17/h6-7,10-17H,4-5,8-9H2,1-3H3. The Hall–Kier alpha value is -1.97. The Morgan fingerprint density at radius 2 is 1.57 bits per heavy atom. The van der Waals surface area contributed by atoms with Crippen molar-refractivity contribution >= 4 is 44.8 Å². The summed E-state index contributed by atoms with van der Waals surface area (Å²) in [6.45, 7) is 7.32. The van der Waals surface area contributed by atoms with Gasteiger partial charge in [0.25, 0.3) is 0 Å². The first-order valence-electron chi connectivity index (χ1n) is 10.4. The minimum Gasteiger partial charge on any atom is -0.256 e. The molecule has 2 aromatic carbocycles. The van der Waals surface area contributed by atoms with E-state index in [-0.39, 0.29) is 0 Å². The van der Waals surface area contributed by atoms with Gasteiger partial charge in [-0.3, -0.25) is 4.98 Å². The van der Waals surface area contributed by atoms with Gasteiger partial charge >= 0.3 is 0 Å². The molecule has 2 heterocycles. The van der Waals surface area contributed by atoms with Gasteiger partial charge in [0.05, 0.1) is 13.8 Å². The highest BCUT2D eigenvalue weighted by Gasteiger charge is 2.22. The zero-order valence-electron chi connectivity index (χ0n) is 17.0. The number of hydrogen-bond donors (Lipinski definition) is 0. The Balaban J connectivity index is 1.66. The van der Waals surface area contributed by atoms with Gasteiger partial charge in [-0.2, -0.15) is 0 Å². The molecule has 2 aromatic heterocycles. The fourth-order valence-electron chi connectivity index (χ4n) is 4.68. The van der Waals surface area contributed by atoms with Crippen molar-refractivity contribution in [1.29, 1.82) is 0 Å². The molecule has 28 heavy (non-hydrogen) atoms. The van der Waals surface area contributed by atoms with Crippen LogP contribution in [0.3, 0.4) is 0 Å². The van der Waals surface area contributed by atoms with Crippen molar-refractivity contribution in [3.05, 3.63) is 60.3 Å². The molecule has 1 nitrogen and oxygen atoms in total. The first-order valence-corrected chi connectivity index (χ1v) is 14.7. The van der Waals surface area contributed by atoms with Crippen LogP contribution in [0.5, 0.6) is 0 Å². The quantitative estimate of drug-likeness (QED) is 0.328. The Labute approximate surface area is 172 Å². The summed E-state index contributed by atoms with van der Waals surface area (Å²) in [6.07, 6.45) is 7.52. The number of fused-ring (bicyclic) bond motifs is 3. The Kier molecular flexibility index (Phi) is 4.40. The second kappa shape index (κ2) is 6.82. The van der Waals surface area contributed by atoms with Crippen LogP contribution in [0.15, 0.2) is 54.7 Å². The molecule has 0 atom stereocenters. The normalized spacial score (nSPS) is 15.7. The maximum atomic E-state index is 4.90. The predicted octanol–water partition coefficient (Wildman–Crippen LogP) is 7.32. The molecular formula is C25H27NSSi. The van der Waals surface area contributed by atoms with E-state index in [1.807, 2.05) is 11.3 Å². The molecule has 1 aliphatic rings. The number of nitrogens with zero attached hydrogens (tertiary/aromatic N) is 1. The highest BCUT2D eigenvalue weighted by molar-refractivity contribution is 7.28. The minimum absolute atomic E-state index is 0.723. The van der Waals surface area contributed by atoms with Crippen LogP contribution in [0.1, 0.15) is 37.2 Å². The molecule has 0 unspecified atom stereocenters. The van der Waals surface area contributed by atoms with E-state index < -0.39 is 8.07 Å². The van der Waals surface area contributed by atoms with Gasteiger partial charge in [0.2, 0.25) is 0 Å². The summed E-state index contributed by atoms with van der Waals surface area (Å²) >= 11 is 1.96. The third kappa shape index (κ3) is 3.01. The Morgan fingerprint density at radius 1 is 0.857 bits per heavy atom. The molecule has 0 amide bonds. The number of benzene rings is 2. The van der Waals surface area contributed by atoms with Crippen molar-refractivity contribution in [2.75, 3.05) is 0 Å². The van der Waals surface area contributed by atoms with Crippen molar-refractivity contribution < 1.29 is 0 Å². The van der Waals surface area contributed by atoms with Crippen LogP contribution >= 0.6 is 11.3 Å². The van der Waals surface area contributed by atoms with Crippen LogP contribution in [0.2, 0.25) is 19.6 Å². The summed E-state index contributed by atoms with van der Waals surface area (Å²) in [5.74, 6) is 0.723. The molecule has 3 heteroatoms. The third-order valence-electron chi connectivity index (χ3n) is 6.22. The van der Waals surface area contributed by atoms with Crippen LogP contribution in [0.4, 0.5) is 0 Å². The average Bonchev–Trinajstić information content (AvgIpc) is 3.35. The van der Waals surface area contributed by atoms with Crippen molar-refractivity contribution in [2.45, 2.75) is 51.2 Å². The number of pyridine rings is 1. The zero-order valence-corrected chi connectivity index (χ0v) is 18.8. The lowest BCUT2D eigenvalue weighted by Gasteiger charge is -2.17. The highest BCUT2D eigenvalue weighted by Crippen LogP contribution is 2.40. The molecule has 142 valence electrons. The zero-order chi connectivity index (χ0) is 19.3. The summed E-state index contributed by atoms with van der Waals surface area (Å²) in [7, 11) is -1.39. The van der Waals surface area contributed by atoms with E-state index in [1.165, 1.54) is 57.0 Å². The van der Waals surface area contributed by atoms with Crippen LogP contribution in [-0.4, -0.2) is 13.1 Å². The molecule has 1 saturated carbocycles. The van der Waals surface area contributed by atoms with E-state index in [9.17, 15) is 0 Å². The molecule has 5 rings (SSSR count). The van der Waals surface area contributed by atoms with Crippen molar-refractivity contribution in [3.8, 4) is 11.3 Å². The molecule has 0 aliphatic heterocycles. The molecule has 0 radical (unpaired) electrons. The lowest BCUT2D eigenvalue weighted by molar-refractivity contribution is 0.719. The smallest absolute Gasteiger partial charge is 0.0794 e. The Morgan fingerprint density at radius 3 is 2.25 bits per heavy atom. The van der Waals surface area contributed by atoms with E-state index in [1.54, 1.807) is 5.19 Å². The van der Waals surface area contributed by atoms with Crippen molar-refractivity contribution in [2.24, 2.45) is 0 Å². The molecule has 0 spiro atoms. The van der Waals surface area contributed by atoms with Crippen molar-refractivity contribution in [1.82, 2.24) is 4.98 Å². The molecule has 1 fully saturated rings. The summed E-state index contributed by atoms with van der Waals surface area (Å²) in [5, 5.41) is 4.35. The second-order valence-corrected chi connectivity index (χ2v) is 15.2. The second-order valence-electron chi connectivity index (χ2n) is 9.17. The van der Waals surface area contributed by atoms with E-state index in [2.05, 4.69) is 74.4 Å². The van der Waals surface area contributed by atoms with Crippen LogP contribution in [0, 0.1) is 0 Å². The van der Waals surface area contributed by atoms with Gasteiger partial charge in [0.15, 0.2) is 0 Å². The molecule has 0 saturated heterocycles. The van der Waals surface area contributed by atoms with Crippen LogP contribution < -0.4 is 5.19 Å². The van der Waals surface area contributed by atoms with Gasteiger partial charge in [-0.1, -0.05) is 74.9 Å². The maximum absolute atomic E-state index is 4.90. The van der Waals surface area contributed by atoms with Gasteiger partial charge in [-0.05, 0) is 35.6 Å². The Bertz CT molecular complexity index is 1150. The minimum atomic E-state index is -1.39. The summed E-state index contributed by atoms with van der Waals surface area (Å²) in [4.78, 5) is 4.90. The first-order chi connectivity index (χ1) is 13.5. The number of hydrogen-bond acceptors (Lipinski definition) is 2. The molecule has 1 aliphatic carbocycles. The summed E-state index contributed by atoms with van der Waals surface area (Å²) in [6, 6.07) is 18.1. The largest absolute Gasteiger partial charge is 0.256 e. The van der Waals surface area contributed by atoms with Gasteiger partial charge in [-0.25, -0.2) is 0 Å². The fraction of sp³-hybridized carbons (Fsp3) is 0.320. The number of rotatable bonds is 3. The average molecular weight is 402 g/mol. The highest BCUT2D eigenvalue weighted by atomic mass is 32.1. The van der Waals surface area contributed by atoms with Gasteiger partial charge in [0, 0.05) is 31.9 Å². The first kappa shape index (κ1) is 18.1. The monoisotopic (exact) mass is 401 g/mol. The fourth-order valence-corrected chi connectivity index (χ4v) is 8.40. The lowest BCUT2D eigenvalue weighted by Crippen LogP contribution is -2.37. The van der Waals surface area contributed by atoms with Crippen LogP contribution in [0.25, 0.3) is 31.4 Å². The number of aromatic nitrogens is 1. The van der Waals surface area contributed by atoms with Crippen LogP contribution in [-0.2, 0) is 0 Å². The SMILES string of the molecule is C[Si](C)(C)c1cccc2c1sc1c(-c3ccc(C4CCCC4)cn3)cccc12.